The third-order valence-corrected chi connectivity index (χ3v) is 3.96. The van der Waals surface area contributed by atoms with E-state index in [4.69, 9.17) is 16.3 Å². The van der Waals surface area contributed by atoms with Crippen molar-refractivity contribution in [1.82, 2.24) is 4.98 Å². The minimum atomic E-state index is -0.176. The van der Waals surface area contributed by atoms with Crippen LogP contribution in [0.4, 0.5) is 0 Å². The fraction of sp³-hybridized carbons (Fsp3) is 0.500. The lowest BCUT2D eigenvalue weighted by Gasteiger charge is -2.26. The second-order valence-corrected chi connectivity index (χ2v) is 5.14. The maximum Gasteiger partial charge on any atom is 0.308 e. The van der Waals surface area contributed by atoms with E-state index in [-0.39, 0.29) is 28.7 Å². The van der Waals surface area contributed by atoms with Crippen molar-refractivity contribution in [3.8, 4) is 0 Å². The number of esters is 1. The molecule has 0 atom stereocenters. The van der Waals surface area contributed by atoms with Crippen molar-refractivity contribution >= 4 is 23.4 Å². The molecule has 0 saturated heterocycles. The molecule has 1 saturated carbocycles. The van der Waals surface area contributed by atoms with Gasteiger partial charge in [-0.3, -0.25) is 9.59 Å². The number of hydrogen-bond acceptors (Lipinski definition) is 4. The number of halogens is 1. The van der Waals surface area contributed by atoms with Gasteiger partial charge < -0.3 is 4.74 Å². The van der Waals surface area contributed by atoms with Crippen LogP contribution in [-0.2, 0) is 9.53 Å². The maximum absolute atomic E-state index is 12.3. The average molecular weight is 282 g/mol. The number of Topliss-reactive ketones (excluding diaryl/α,β-unsaturated/α-hetero) is 1. The largest absolute Gasteiger partial charge is 0.469 e. The number of methoxy groups -OCH3 is 1. The van der Waals surface area contributed by atoms with Crippen LogP contribution in [0.1, 0.15) is 36.0 Å². The Bertz CT molecular complexity index is 481. The van der Waals surface area contributed by atoms with Crippen molar-refractivity contribution in [2.45, 2.75) is 25.7 Å². The summed E-state index contributed by atoms with van der Waals surface area (Å²) in [6.45, 7) is 0. The summed E-state index contributed by atoms with van der Waals surface area (Å²) < 4.78 is 4.73. The monoisotopic (exact) mass is 281 g/mol. The molecule has 1 aliphatic rings. The van der Waals surface area contributed by atoms with E-state index in [0.717, 1.165) is 0 Å². The molecule has 0 aromatic carbocycles. The molecule has 1 aromatic heterocycles. The summed E-state index contributed by atoms with van der Waals surface area (Å²) >= 11 is 5.93. The normalized spacial score (nSPS) is 22.8. The van der Waals surface area contributed by atoms with Gasteiger partial charge in [0.2, 0.25) is 0 Å². The highest BCUT2D eigenvalue weighted by atomic mass is 35.5. The molecule has 0 bridgehead atoms. The molecule has 4 nitrogen and oxygen atoms in total. The fourth-order valence-corrected chi connectivity index (χ4v) is 2.76. The van der Waals surface area contributed by atoms with Crippen molar-refractivity contribution in [3.05, 3.63) is 29.0 Å². The molecule has 0 unspecified atom stereocenters. The molecule has 1 heterocycles. The first kappa shape index (κ1) is 14.0. The summed E-state index contributed by atoms with van der Waals surface area (Å²) in [4.78, 5) is 27.7. The van der Waals surface area contributed by atoms with Gasteiger partial charge in [-0.05, 0) is 37.8 Å². The molecule has 0 spiro atoms. The van der Waals surface area contributed by atoms with Crippen LogP contribution < -0.4 is 0 Å². The quantitative estimate of drug-likeness (QED) is 0.486. The second-order valence-electron chi connectivity index (χ2n) is 4.78. The zero-order valence-electron chi connectivity index (χ0n) is 10.8. The van der Waals surface area contributed by atoms with Crippen molar-refractivity contribution in [3.63, 3.8) is 0 Å². The van der Waals surface area contributed by atoms with Crippen molar-refractivity contribution in [2.24, 2.45) is 11.8 Å². The van der Waals surface area contributed by atoms with Crippen LogP contribution in [0.5, 0.6) is 0 Å². The highest BCUT2D eigenvalue weighted by molar-refractivity contribution is 6.32. The van der Waals surface area contributed by atoms with Crippen LogP contribution in [0.2, 0.25) is 5.15 Å². The van der Waals surface area contributed by atoms with Gasteiger partial charge in [-0.2, -0.15) is 0 Å². The predicted octanol–water partition coefficient (Wildman–Crippen LogP) is 2.90. The Hall–Kier alpha value is -1.42. The van der Waals surface area contributed by atoms with Gasteiger partial charge in [-0.25, -0.2) is 4.98 Å². The molecule has 1 fully saturated rings. The van der Waals surface area contributed by atoms with Crippen molar-refractivity contribution in [2.75, 3.05) is 7.11 Å². The Morgan fingerprint density at radius 3 is 2.47 bits per heavy atom. The first-order valence-electron chi connectivity index (χ1n) is 6.36. The molecule has 102 valence electrons. The number of pyridine rings is 1. The summed E-state index contributed by atoms with van der Waals surface area (Å²) in [5.41, 5.74) is 0.477. The van der Waals surface area contributed by atoms with Crippen LogP contribution in [-0.4, -0.2) is 23.8 Å². The summed E-state index contributed by atoms with van der Waals surface area (Å²) in [5.74, 6) is -0.284. The maximum atomic E-state index is 12.3. The number of nitrogens with zero attached hydrogens (tertiary/aromatic N) is 1. The summed E-state index contributed by atoms with van der Waals surface area (Å²) in [7, 11) is 1.40. The molecule has 19 heavy (non-hydrogen) atoms. The van der Waals surface area contributed by atoms with E-state index in [0.29, 0.717) is 31.2 Å². The minimum absolute atomic E-state index is 0.0291. The summed E-state index contributed by atoms with van der Waals surface area (Å²) in [6.07, 6.45) is 4.35. The Morgan fingerprint density at radius 2 is 1.89 bits per heavy atom. The molecular weight excluding hydrogens is 266 g/mol. The van der Waals surface area contributed by atoms with Gasteiger partial charge in [0.15, 0.2) is 5.78 Å². The summed E-state index contributed by atoms with van der Waals surface area (Å²) in [5, 5.41) is 0.252. The highest BCUT2D eigenvalue weighted by Crippen LogP contribution is 2.32. The van der Waals surface area contributed by atoms with Crippen LogP contribution in [0, 0.1) is 11.8 Å². The van der Waals surface area contributed by atoms with E-state index in [9.17, 15) is 9.59 Å². The van der Waals surface area contributed by atoms with E-state index in [2.05, 4.69) is 4.98 Å². The van der Waals surface area contributed by atoms with Crippen LogP contribution in [0.15, 0.2) is 18.3 Å². The zero-order chi connectivity index (χ0) is 13.8. The third kappa shape index (κ3) is 3.13. The molecule has 5 heteroatoms. The number of ether oxygens (including phenoxy) is 1. The zero-order valence-corrected chi connectivity index (χ0v) is 11.5. The minimum Gasteiger partial charge on any atom is -0.469 e. The van der Waals surface area contributed by atoms with E-state index in [1.807, 2.05) is 0 Å². The lowest BCUT2D eigenvalue weighted by molar-refractivity contribution is -0.146. The van der Waals surface area contributed by atoms with Crippen molar-refractivity contribution < 1.29 is 14.3 Å². The van der Waals surface area contributed by atoms with Crippen LogP contribution in [0.25, 0.3) is 0 Å². The molecule has 0 N–H and O–H groups in total. The molecule has 0 radical (unpaired) electrons. The lowest BCUT2D eigenvalue weighted by Crippen LogP contribution is -2.27. The van der Waals surface area contributed by atoms with Gasteiger partial charge in [0, 0.05) is 12.1 Å². The smallest absolute Gasteiger partial charge is 0.308 e. The summed E-state index contributed by atoms with van der Waals surface area (Å²) in [6, 6.07) is 3.41. The Kier molecular flexibility index (Phi) is 4.53. The molecule has 0 aliphatic heterocycles. The Labute approximate surface area is 117 Å². The SMILES string of the molecule is COC(=O)C1CCC(C(=O)c2cccnc2Cl)CC1. The first-order valence-corrected chi connectivity index (χ1v) is 6.74. The molecule has 1 aromatic rings. The van der Waals surface area contributed by atoms with Crippen LogP contribution in [0.3, 0.4) is 0 Å². The van der Waals surface area contributed by atoms with Crippen molar-refractivity contribution in [1.29, 1.82) is 0 Å². The Morgan fingerprint density at radius 1 is 1.26 bits per heavy atom. The van der Waals surface area contributed by atoms with Gasteiger partial charge in [-0.15, -0.1) is 0 Å². The second kappa shape index (κ2) is 6.15. The van der Waals surface area contributed by atoms with E-state index < -0.39 is 0 Å². The number of aromatic nitrogens is 1. The number of hydrogen-bond donors (Lipinski definition) is 0. The lowest BCUT2D eigenvalue weighted by atomic mass is 9.79. The number of ketones is 1. The molecule has 1 aliphatic carbocycles. The van der Waals surface area contributed by atoms with E-state index in [1.165, 1.54) is 7.11 Å². The average Bonchev–Trinajstić information content (AvgIpc) is 2.46. The van der Waals surface area contributed by atoms with Gasteiger partial charge in [0.25, 0.3) is 0 Å². The van der Waals surface area contributed by atoms with E-state index in [1.54, 1.807) is 18.3 Å². The first-order chi connectivity index (χ1) is 9.13. The number of rotatable bonds is 3. The van der Waals surface area contributed by atoms with Gasteiger partial charge in [0.1, 0.15) is 5.15 Å². The molecule has 2 rings (SSSR count). The fourth-order valence-electron chi connectivity index (χ4n) is 2.55. The standard InChI is InChI=1S/C14H16ClNO3/c1-19-14(18)10-6-4-9(5-7-10)12(17)11-3-2-8-16-13(11)15/h2-3,8-10H,4-7H2,1H3. The van der Waals surface area contributed by atoms with Gasteiger partial charge in [0.05, 0.1) is 18.6 Å². The molecular formula is C14H16ClNO3. The molecule has 0 amide bonds. The predicted molar refractivity (Wildman–Crippen MR) is 71.0 cm³/mol. The van der Waals surface area contributed by atoms with E-state index >= 15 is 0 Å². The Balaban J connectivity index is 2.00. The highest BCUT2D eigenvalue weighted by Gasteiger charge is 2.31. The van der Waals surface area contributed by atoms with Crippen LogP contribution >= 0.6 is 11.6 Å². The topological polar surface area (TPSA) is 56.3 Å². The third-order valence-electron chi connectivity index (χ3n) is 3.66. The number of carbonyl (C=O) groups is 2. The number of carbonyl (C=O) groups excluding carboxylic acids is 2. The van der Waals surface area contributed by atoms with Gasteiger partial charge >= 0.3 is 5.97 Å². The van der Waals surface area contributed by atoms with Gasteiger partial charge in [-0.1, -0.05) is 11.6 Å².